The predicted molar refractivity (Wildman–Crippen MR) is 132 cm³/mol. The summed E-state index contributed by atoms with van der Waals surface area (Å²) in [6.07, 6.45) is 0. The molecule has 1 amide bonds. The Balaban J connectivity index is 1.50. The van der Waals surface area contributed by atoms with Crippen LogP contribution in [0, 0.1) is 0 Å². The van der Waals surface area contributed by atoms with E-state index in [2.05, 4.69) is 15.6 Å². The van der Waals surface area contributed by atoms with Gasteiger partial charge in [0.15, 0.2) is 16.6 Å². The first kappa shape index (κ1) is 22.2. The van der Waals surface area contributed by atoms with E-state index >= 15 is 0 Å². The number of hydrogen-bond donors (Lipinski definition) is 3. The Morgan fingerprint density at radius 1 is 1.00 bits per heavy atom. The molecule has 0 saturated heterocycles. The van der Waals surface area contributed by atoms with E-state index in [0.717, 1.165) is 20.9 Å². The summed E-state index contributed by atoms with van der Waals surface area (Å²) in [7, 11) is 4.74. The summed E-state index contributed by atoms with van der Waals surface area (Å²) in [6.45, 7) is 0.511. The number of nitrogens with one attached hydrogen (secondary N) is 2. The molecule has 4 aromatic rings. The molecule has 0 atom stereocenters. The van der Waals surface area contributed by atoms with E-state index in [1.165, 1.54) is 11.3 Å². The summed E-state index contributed by atoms with van der Waals surface area (Å²) in [5.74, 6) is 1.50. The number of nitrogens with two attached hydrogens (primary N) is 1. The van der Waals surface area contributed by atoms with Gasteiger partial charge in [-0.2, -0.15) is 0 Å². The zero-order valence-electron chi connectivity index (χ0n) is 18.5. The molecule has 0 spiro atoms. The second-order valence-corrected chi connectivity index (χ2v) is 8.16. The number of rotatable bonds is 8. The second-order valence-electron chi connectivity index (χ2n) is 7.13. The Bertz CT molecular complexity index is 1280. The van der Waals surface area contributed by atoms with Gasteiger partial charge in [0.1, 0.15) is 0 Å². The number of methoxy groups -OCH3 is 3. The Hall–Kier alpha value is -3.98. The van der Waals surface area contributed by atoms with Crippen LogP contribution in [0.4, 0.5) is 16.5 Å². The molecular formula is C24H24N4O4S. The van der Waals surface area contributed by atoms with Crippen LogP contribution in [0.25, 0.3) is 10.2 Å². The monoisotopic (exact) mass is 464 g/mol. The number of para-hydroxylation sites is 2. The van der Waals surface area contributed by atoms with Gasteiger partial charge < -0.3 is 30.6 Å². The molecular weight excluding hydrogens is 440 g/mol. The van der Waals surface area contributed by atoms with Crippen molar-refractivity contribution in [3.05, 3.63) is 65.7 Å². The van der Waals surface area contributed by atoms with E-state index in [1.807, 2.05) is 36.4 Å². The van der Waals surface area contributed by atoms with Crippen LogP contribution in [0.1, 0.15) is 15.9 Å². The van der Waals surface area contributed by atoms with Gasteiger partial charge in [-0.3, -0.25) is 4.79 Å². The fraction of sp³-hybridized carbons (Fsp3) is 0.167. The molecule has 170 valence electrons. The van der Waals surface area contributed by atoms with Crippen molar-refractivity contribution in [2.75, 3.05) is 37.7 Å². The minimum absolute atomic E-state index is 0.227. The molecule has 1 aromatic heterocycles. The zero-order valence-corrected chi connectivity index (χ0v) is 19.3. The smallest absolute Gasteiger partial charge is 0.255 e. The predicted octanol–water partition coefficient (Wildman–Crippen LogP) is 4.77. The minimum atomic E-state index is -0.227. The number of carbonyl (C=O) groups excluding carboxylic acids is 1. The van der Waals surface area contributed by atoms with Crippen LogP contribution in [0.5, 0.6) is 17.2 Å². The van der Waals surface area contributed by atoms with Crippen molar-refractivity contribution in [1.82, 2.24) is 4.98 Å². The average molecular weight is 465 g/mol. The quantitative estimate of drug-likeness (QED) is 0.322. The van der Waals surface area contributed by atoms with E-state index < -0.39 is 0 Å². The highest BCUT2D eigenvalue weighted by Crippen LogP contribution is 2.38. The third kappa shape index (κ3) is 4.78. The molecule has 0 fully saturated rings. The van der Waals surface area contributed by atoms with Crippen molar-refractivity contribution in [3.8, 4) is 17.2 Å². The Labute approximate surface area is 195 Å². The first-order valence-corrected chi connectivity index (χ1v) is 10.9. The number of thiazole rings is 1. The topological polar surface area (TPSA) is 108 Å². The third-order valence-corrected chi connectivity index (χ3v) is 6.00. The number of amides is 1. The summed E-state index contributed by atoms with van der Waals surface area (Å²) < 4.78 is 17.1. The summed E-state index contributed by atoms with van der Waals surface area (Å²) in [4.78, 5) is 17.3. The number of anilines is 3. The Morgan fingerprint density at radius 2 is 1.73 bits per heavy atom. The molecule has 0 unspecified atom stereocenters. The van der Waals surface area contributed by atoms with Crippen LogP contribution in [-0.4, -0.2) is 32.2 Å². The van der Waals surface area contributed by atoms with Gasteiger partial charge in [-0.1, -0.05) is 23.5 Å². The molecule has 0 aliphatic carbocycles. The Morgan fingerprint density at radius 3 is 2.39 bits per heavy atom. The second kappa shape index (κ2) is 9.66. The summed E-state index contributed by atoms with van der Waals surface area (Å²) in [5, 5.41) is 6.91. The lowest BCUT2D eigenvalue weighted by Gasteiger charge is -2.14. The van der Waals surface area contributed by atoms with E-state index in [0.29, 0.717) is 40.7 Å². The molecule has 4 N–H and O–H groups in total. The number of benzene rings is 3. The van der Waals surface area contributed by atoms with Crippen molar-refractivity contribution >= 4 is 44.0 Å². The molecule has 0 bridgehead atoms. The maximum Gasteiger partial charge on any atom is 0.255 e. The highest BCUT2D eigenvalue weighted by Gasteiger charge is 2.14. The summed E-state index contributed by atoms with van der Waals surface area (Å²) >= 11 is 1.47. The maximum absolute atomic E-state index is 12.7. The highest BCUT2D eigenvalue weighted by molar-refractivity contribution is 7.22. The van der Waals surface area contributed by atoms with Crippen LogP contribution in [0.3, 0.4) is 0 Å². The minimum Gasteiger partial charge on any atom is -0.493 e. The SMILES string of the molecule is COc1cc(CNc2nc3ccc(C(=O)Nc4ccccc4N)cc3s2)cc(OC)c1OC. The number of carbonyl (C=O) groups is 1. The Kier molecular flexibility index (Phi) is 6.50. The van der Waals surface area contributed by atoms with E-state index in [-0.39, 0.29) is 5.91 Å². The van der Waals surface area contributed by atoms with Gasteiger partial charge in [0.05, 0.1) is 42.9 Å². The van der Waals surface area contributed by atoms with E-state index in [4.69, 9.17) is 19.9 Å². The van der Waals surface area contributed by atoms with Gasteiger partial charge >= 0.3 is 0 Å². The summed E-state index contributed by atoms with van der Waals surface area (Å²) in [6, 6.07) is 16.3. The largest absolute Gasteiger partial charge is 0.493 e. The lowest BCUT2D eigenvalue weighted by atomic mass is 10.2. The zero-order chi connectivity index (χ0) is 23.4. The third-order valence-electron chi connectivity index (χ3n) is 5.03. The average Bonchev–Trinajstić information content (AvgIpc) is 3.25. The standard InChI is InChI=1S/C24H24N4O4S/c1-30-19-10-14(11-20(31-2)22(19)32-3)13-26-24-28-18-9-8-15(12-21(18)33-24)23(29)27-17-7-5-4-6-16(17)25/h4-12H,13,25H2,1-3H3,(H,26,28)(H,27,29). The molecule has 33 heavy (non-hydrogen) atoms. The highest BCUT2D eigenvalue weighted by atomic mass is 32.1. The molecule has 9 heteroatoms. The number of nitrogens with zero attached hydrogens (tertiary/aromatic N) is 1. The van der Waals surface area contributed by atoms with Gasteiger partial charge in [0.25, 0.3) is 5.91 Å². The van der Waals surface area contributed by atoms with Crippen molar-refractivity contribution in [1.29, 1.82) is 0 Å². The van der Waals surface area contributed by atoms with Gasteiger partial charge in [-0.25, -0.2) is 4.98 Å². The molecule has 4 rings (SSSR count). The van der Waals surface area contributed by atoms with Crippen LogP contribution in [0.2, 0.25) is 0 Å². The van der Waals surface area contributed by atoms with Gasteiger partial charge in [0.2, 0.25) is 5.75 Å². The molecule has 8 nitrogen and oxygen atoms in total. The van der Waals surface area contributed by atoms with Crippen LogP contribution in [-0.2, 0) is 6.54 Å². The lowest BCUT2D eigenvalue weighted by molar-refractivity contribution is 0.102. The van der Waals surface area contributed by atoms with Crippen LogP contribution < -0.4 is 30.6 Å². The number of ether oxygens (including phenoxy) is 3. The van der Waals surface area contributed by atoms with Crippen molar-refractivity contribution in [2.45, 2.75) is 6.54 Å². The number of fused-ring (bicyclic) bond motifs is 1. The molecule has 0 aliphatic rings. The van der Waals surface area contributed by atoms with Crippen molar-refractivity contribution in [2.24, 2.45) is 0 Å². The first-order chi connectivity index (χ1) is 16.0. The van der Waals surface area contributed by atoms with Gasteiger partial charge in [0, 0.05) is 12.1 Å². The number of nitrogen functional groups attached to an aromatic ring is 1. The number of hydrogen-bond acceptors (Lipinski definition) is 8. The normalized spacial score (nSPS) is 10.6. The van der Waals surface area contributed by atoms with E-state index in [9.17, 15) is 4.79 Å². The molecule has 3 aromatic carbocycles. The van der Waals surface area contributed by atoms with E-state index in [1.54, 1.807) is 39.5 Å². The summed E-state index contributed by atoms with van der Waals surface area (Å²) in [5.41, 5.74) is 9.31. The molecule has 0 radical (unpaired) electrons. The van der Waals surface area contributed by atoms with Crippen LogP contribution in [0.15, 0.2) is 54.6 Å². The first-order valence-electron chi connectivity index (χ1n) is 10.1. The molecule has 0 aliphatic heterocycles. The molecule has 0 saturated carbocycles. The van der Waals surface area contributed by atoms with Crippen LogP contribution >= 0.6 is 11.3 Å². The van der Waals surface area contributed by atoms with Crippen molar-refractivity contribution in [3.63, 3.8) is 0 Å². The van der Waals surface area contributed by atoms with Crippen molar-refractivity contribution < 1.29 is 19.0 Å². The maximum atomic E-state index is 12.7. The lowest BCUT2D eigenvalue weighted by Crippen LogP contribution is -2.12. The molecule has 1 heterocycles. The van der Waals surface area contributed by atoms with Gasteiger partial charge in [-0.05, 0) is 48.0 Å². The number of aromatic nitrogens is 1. The van der Waals surface area contributed by atoms with Gasteiger partial charge in [-0.15, -0.1) is 0 Å². The fourth-order valence-electron chi connectivity index (χ4n) is 3.36. The fourth-order valence-corrected chi connectivity index (χ4v) is 4.26.